The van der Waals surface area contributed by atoms with Gasteiger partial charge in [-0.3, -0.25) is 4.79 Å². The van der Waals surface area contributed by atoms with E-state index in [1.165, 1.54) is 0 Å². The van der Waals surface area contributed by atoms with Crippen molar-refractivity contribution in [2.45, 2.75) is 46.2 Å². The minimum absolute atomic E-state index is 0.0580. The zero-order valence-electron chi connectivity index (χ0n) is 11.8. The summed E-state index contributed by atoms with van der Waals surface area (Å²) in [5.41, 5.74) is 2.13. The Labute approximate surface area is 113 Å². The lowest BCUT2D eigenvalue weighted by Gasteiger charge is -2.15. The molecule has 4 nitrogen and oxygen atoms in total. The molecule has 1 heterocycles. The van der Waals surface area contributed by atoms with Gasteiger partial charge < -0.3 is 9.88 Å². The number of imidazole rings is 1. The predicted molar refractivity (Wildman–Crippen MR) is 76.9 cm³/mol. The molecule has 0 saturated heterocycles. The van der Waals surface area contributed by atoms with Gasteiger partial charge in [-0.05, 0) is 25.5 Å². The molecular formula is C15H21N3O. The summed E-state index contributed by atoms with van der Waals surface area (Å²) in [4.78, 5) is 16.2. The number of hydrogen-bond donors (Lipinski definition) is 1. The number of carbonyl (C=O) groups is 1. The Morgan fingerprint density at radius 1 is 1.37 bits per heavy atom. The number of nitrogens with zero attached hydrogens (tertiary/aromatic N) is 2. The third kappa shape index (κ3) is 2.78. The van der Waals surface area contributed by atoms with E-state index in [4.69, 9.17) is 0 Å². The number of para-hydroxylation sites is 2. The molecule has 1 amide bonds. The van der Waals surface area contributed by atoms with Gasteiger partial charge in [0.05, 0.1) is 17.1 Å². The fourth-order valence-corrected chi connectivity index (χ4v) is 2.29. The molecular weight excluding hydrogens is 238 g/mol. The average molecular weight is 259 g/mol. The Kier molecular flexibility index (Phi) is 4.20. The fourth-order valence-electron chi connectivity index (χ4n) is 2.29. The highest BCUT2D eigenvalue weighted by molar-refractivity contribution is 5.77. The van der Waals surface area contributed by atoms with Crippen molar-refractivity contribution >= 4 is 16.9 Å². The number of amides is 1. The van der Waals surface area contributed by atoms with Crippen LogP contribution in [0.1, 0.15) is 45.5 Å². The third-order valence-electron chi connectivity index (χ3n) is 3.22. The van der Waals surface area contributed by atoms with Gasteiger partial charge in [-0.25, -0.2) is 4.98 Å². The number of nitrogens with one attached hydrogen (secondary N) is 1. The molecule has 0 bridgehead atoms. The molecule has 19 heavy (non-hydrogen) atoms. The van der Waals surface area contributed by atoms with Crippen molar-refractivity contribution in [1.82, 2.24) is 14.9 Å². The van der Waals surface area contributed by atoms with E-state index in [1.807, 2.05) is 32.0 Å². The minimum Gasteiger partial charge on any atom is -0.346 e. The van der Waals surface area contributed by atoms with Gasteiger partial charge in [0.1, 0.15) is 5.82 Å². The molecule has 4 heteroatoms. The van der Waals surface area contributed by atoms with E-state index >= 15 is 0 Å². The Bertz CT molecular complexity index is 574. The van der Waals surface area contributed by atoms with Crippen LogP contribution in [0.2, 0.25) is 0 Å². The van der Waals surface area contributed by atoms with Gasteiger partial charge in [-0.15, -0.1) is 0 Å². The van der Waals surface area contributed by atoms with Crippen LogP contribution in [0.15, 0.2) is 24.3 Å². The van der Waals surface area contributed by atoms with E-state index in [2.05, 4.69) is 27.9 Å². The Hall–Kier alpha value is -1.84. The molecule has 0 aliphatic rings. The summed E-state index contributed by atoms with van der Waals surface area (Å²) in [5.74, 6) is 0.993. The second-order valence-corrected chi connectivity index (χ2v) is 4.75. The lowest BCUT2D eigenvalue weighted by atomic mass is 10.3. The van der Waals surface area contributed by atoms with Crippen LogP contribution in [0.5, 0.6) is 0 Å². The molecule has 0 radical (unpaired) electrons. The number of fused-ring (bicyclic) bond motifs is 1. The molecule has 0 aliphatic heterocycles. The van der Waals surface area contributed by atoms with Crippen LogP contribution in [0.4, 0.5) is 0 Å². The number of rotatable bonds is 5. The summed E-state index contributed by atoms with van der Waals surface area (Å²) < 4.78 is 2.20. The van der Waals surface area contributed by atoms with E-state index in [9.17, 15) is 4.79 Å². The van der Waals surface area contributed by atoms with Crippen molar-refractivity contribution in [3.8, 4) is 0 Å². The number of carbonyl (C=O) groups excluding carboxylic acids is 1. The van der Waals surface area contributed by atoms with Gasteiger partial charge in [-0.1, -0.05) is 26.0 Å². The Balaban J connectivity index is 2.40. The van der Waals surface area contributed by atoms with Crippen LogP contribution in [-0.4, -0.2) is 15.5 Å². The van der Waals surface area contributed by atoms with Gasteiger partial charge in [0.2, 0.25) is 5.91 Å². The van der Waals surface area contributed by atoms with E-state index in [0.29, 0.717) is 6.42 Å². The highest BCUT2D eigenvalue weighted by Crippen LogP contribution is 2.21. The van der Waals surface area contributed by atoms with Crippen molar-refractivity contribution in [2.24, 2.45) is 0 Å². The standard InChI is InChI=1S/C15H21N3O/c1-4-10-18-13-9-7-6-8-12(13)17-15(18)11(3)16-14(19)5-2/h6-9,11H,4-5,10H2,1-3H3,(H,16,19)/t11-/m0/s1. The molecule has 1 aromatic heterocycles. The predicted octanol–water partition coefficient (Wildman–Crippen LogP) is 3.03. The van der Waals surface area contributed by atoms with Crippen molar-refractivity contribution < 1.29 is 4.79 Å². The molecule has 0 fully saturated rings. The molecule has 2 rings (SSSR count). The molecule has 0 aliphatic carbocycles. The maximum absolute atomic E-state index is 11.5. The quantitative estimate of drug-likeness (QED) is 0.897. The van der Waals surface area contributed by atoms with Gasteiger partial charge >= 0.3 is 0 Å². The third-order valence-corrected chi connectivity index (χ3v) is 3.22. The molecule has 1 N–H and O–H groups in total. The van der Waals surface area contributed by atoms with Crippen molar-refractivity contribution in [3.05, 3.63) is 30.1 Å². The van der Waals surface area contributed by atoms with Crippen LogP contribution in [0.25, 0.3) is 11.0 Å². The van der Waals surface area contributed by atoms with Crippen LogP contribution in [0, 0.1) is 0 Å². The van der Waals surface area contributed by atoms with Crippen molar-refractivity contribution in [1.29, 1.82) is 0 Å². The lowest BCUT2D eigenvalue weighted by Crippen LogP contribution is -2.27. The SMILES string of the molecule is CCCn1c([C@H](C)NC(=O)CC)nc2ccccc21. The topological polar surface area (TPSA) is 46.9 Å². The number of hydrogen-bond acceptors (Lipinski definition) is 2. The van der Waals surface area contributed by atoms with E-state index in [1.54, 1.807) is 0 Å². The average Bonchev–Trinajstić information content (AvgIpc) is 2.78. The number of aryl methyl sites for hydroxylation is 1. The zero-order chi connectivity index (χ0) is 13.8. The molecule has 0 spiro atoms. The number of aromatic nitrogens is 2. The summed E-state index contributed by atoms with van der Waals surface area (Å²) in [7, 11) is 0. The minimum atomic E-state index is -0.0635. The Morgan fingerprint density at radius 2 is 2.11 bits per heavy atom. The first-order chi connectivity index (χ1) is 9.17. The van der Waals surface area contributed by atoms with Crippen LogP contribution < -0.4 is 5.32 Å². The van der Waals surface area contributed by atoms with Crippen LogP contribution in [-0.2, 0) is 11.3 Å². The van der Waals surface area contributed by atoms with Crippen LogP contribution in [0.3, 0.4) is 0 Å². The molecule has 1 atom stereocenters. The maximum Gasteiger partial charge on any atom is 0.220 e. The normalized spacial score (nSPS) is 12.6. The monoisotopic (exact) mass is 259 g/mol. The highest BCUT2D eigenvalue weighted by atomic mass is 16.1. The molecule has 1 aromatic carbocycles. The van der Waals surface area contributed by atoms with E-state index in [-0.39, 0.29) is 11.9 Å². The van der Waals surface area contributed by atoms with Crippen LogP contribution >= 0.6 is 0 Å². The molecule has 0 unspecified atom stereocenters. The first-order valence-electron chi connectivity index (χ1n) is 6.91. The summed E-state index contributed by atoms with van der Waals surface area (Å²) in [6.07, 6.45) is 1.54. The van der Waals surface area contributed by atoms with Crippen molar-refractivity contribution in [2.75, 3.05) is 0 Å². The zero-order valence-corrected chi connectivity index (χ0v) is 11.8. The maximum atomic E-state index is 11.5. The van der Waals surface area contributed by atoms with Gasteiger partial charge in [0.15, 0.2) is 0 Å². The summed E-state index contributed by atoms with van der Waals surface area (Å²) in [6.45, 7) is 6.91. The summed E-state index contributed by atoms with van der Waals surface area (Å²) in [6, 6.07) is 8.04. The van der Waals surface area contributed by atoms with Gasteiger partial charge in [-0.2, -0.15) is 0 Å². The first-order valence-corrected chi connectivity index (χ1v) is 6.91. The fraction of sp³-hybridized carbons (Fsp3) is 0.467. The second kappa shape index (κ2) is 5.87. The van der Waals surface area contributed by atoms with Crippen molar-refractivity contribution in [3.63, 3.8) is 0 Å². The van der Waals surface area contributed by atoms with Gasteiger partial charge in [0.25, 0.3) is 0 Å². The summed E-state index contributed by atoms with van der Waals surface area (Å²) >= 11 is 0. The molecule has 102 valence electrons. The number of benzene rings is 1. The molecule has 0 saturated carbocycles. The van der Waals surface area contributed by atoms with E-state index < -0.39 is 0 Å². The molecule has 2 aromatic rings. The highest BCUT2D eigenvalue weighted by Gasteiger charge is 2.17. The lowest BCUT2D eigenvalue weighted by molar-refractivity contribution is -0.121. The Morgan fingerprint density at radius 3 is 2.79 bits per heavy atom. The second-order valence-electron chi connectivity index (χ2n) is 4.75. The largest absolute Gasteiger partial charge is 0.346 e. The summed E-state index contributed by atoms with van der Waals surface area (Å²) in [5, 5.41) is 2.98. The van der Waals surface area contributed by atoms with Gasteiger partial charge in [0, 0.05) is 13.0 Å². The first kappa shape index (κ1) is 13.6. The van der Waals surface area contributed by atoms with E-state index in [0.717, 1.165) is 29.8 Å². The smallest absolute Gasteiger partial charge is 0.220 e.